The van der Waals surface area contributed by atoms with E-state index in [9.17, 15) is 5.11 Å². The van der Waals surface area contributed by atoms with Crippen molar-refractivity contribution >= 4 is 11.0 Å². The predicted molar refractivity (Wildman–Crippen MR) is 160 cm³/mol. The second-order valence-corrected chi connectivity index (χ2v) is 9.55. The first kappa shape index (κ1) is 23.6. The first-order chi connectivity index (χ1) is 19.8. The minimum Gasteiger partial charge on any atom is -0.506 e. The molecule has 0 aliphatic heterocycles. The van der Waals surface area contributed by atoms with Gasteiger partial charge in [-0.25, -0.2) is 4.98 Å². The summed E-state index contributed by atoms with van der Waals surface area (Å²) < 4.78 is 2.09. The Labute approximate surface area is 231 Å². The minimum absolute atomic E-state index is 0.0834. The fourth-order valence-electron chi connectivity index (χ4n) is 5.19. The molecule has 7 aromatic rings. The molecule has 0 saturated carbocycles. The van der Waals surface area contributed by atoms with Crippen LogP contribution in [-0.2, 0) is 0 Å². The molecule has 0 fully saturated rings. The number of aromatic nitrogens is 4. The van der Waals surface area contributed by atoms with Crippen molar-refractivity contribution in [1.82, 2.24) is 19.5 Å². The van der Waals surface area contributed by atoms with Crippen LogP contribution in [0.15, 0.2) is 140 Å². The van der Waals surface area contributed by atoms with E-state index in [4.69, 9.17) is 4.98 Å². The minimum atomic E-state index is 0.0834. The largest absolute Gasteiger partial charge is 0.506 e. The van der Waals surface area contributed by atoms with Crippen LogP contribution < -0.4 is 0 Å². The zero-order valence-corrected chi connectivity index (χ0v) is 21.5. The third kappa shape index (κ3) is 4.20. The van der Waals surface area contributed by atoms with Crippen molar-refractivity contribution < 1.29 is 5.11 Å². The number of nitrogens with zero attached hydrogens (tertiary/aromatic N) is 4. The average molecular weight is 517 g/mol. The van der Waals surface area contributed by atoms with Gasteiger partial charge in [0.2, 0.25) is 0 Å². The molecule has 0 atom stereocenters. The summed E-state index contributed by atoms with van der Waals surface area (Å²) in [5, 5.41) is 10.7. The van der Waals surface area contributed by atoms with Crippen LogP contribution in [0.2, 0.25) is 0 Å². The number of benzene rings is 4. The number of rotatable bonds is 5. The van der Waals surface area contributed by atoms with Gasteiger partial charge in [-0.05, 0) is 71.3 Å². The average Bonchev–Trinajstić information content (AvgIpc) is 3.42. The van der Waals surface area contributed by atoms with E-state index in [2.05, 4.69) is 75.2 Å². The standard InChI is InChI=1S/C35H24N4O/c40-33-23-36-19-17-30(33)35-38-34-29(14-9-16-32(34)39(35)28-12-5-2-6-13-28)26-20-25(24-10-3-1-4-11-24)21-27(22-26)31-15-7-8-18-37-31/h1-23,40H. The highest BCUT2D eigenvalue weighted by Crippen LogP contribution is 2.39. The summed E-state index contributed by atoms with van der Waals surface area (Å²) in [6.07, 6.45) is 4.94. The quantitative estimate of drug-likeness (QED) is 0.250. The molecule has 40 heavy (non-hydrogen) atoms. The molecule has 0 spiro atoms. The van der Waals surface area contributed by atoms with Crippen molar-refractivity contribution in [2.24, 2.45) is 0 Å². The molecule has 3 aromatic heterocycles. The summed E-state index contributed by atoms with van der Waals surface area (Å²) in [4.78, 5) is 13.9. The van der Waals surface area contributed by atoms with Crippen LogP contribution in [0.4, 0.5) is 0 Å². The summed E-state index contributed by atoms with van der Waals surface area (Å²) in [7, 11) is 0. The van der Waals surface area contributed by atoms with Crippen molar-refractivity contribution in [2.75, 3.05) is 0 Å². The maximum Gasteiger partial charge on any atom is 0.149 e. The zero-order chi connectivity index (χ0) is 26.9. The second kappa shape index (κ2) is 9.97. The Bertz CT molecular complexity index is 1890. The van der Waals surface area contributed by atoms with Gasteiger partial charge < -0.3 is 5.11 Å². The lowest BCUT2D eigenvalue weighted by atomic mass is 9.94. The highest BCUT2D eigenvalue weighted by Gasteiger charge is 2.20. The van der Waals surface area contributed by atoms with Gasteiger partial charge in [0.05, 0.1) is 28.5 Å². The molecule has 5 heteroatoms. The van der Waals surface area contributed by atoms with Gasteiger partial charge in [-0.15, -0.1) is 0 Å². The van der Waals surface area contributed by atoms with E-state index in [0.29, 0.717) is 11.4 Å². The van der Waals surface area contributed by atoms with Crippen molar-refractivity contribution in [3.63, 3.8) is 0 Å². The number of para-hydroxylation sites is 2. The molecule has 7 rings (SSSR count). The molecular weight excluding hydrogens is 492 g/mol. The van der Waals surface area contributed by atoms with Crippen LogP contribution >= 0.6 is 0 Å². The van der Waals surface area contributed by atoms with E-state index in [1.165, 1.54) is 6.20 Å². The predicted octanol–water partition coefficient (Wildman–Crippen LogP) is 8.19. The van der Waals surface area contributed by atoms with Crippen molar-refractivity contribution in [2.45, 2.75) is 0 Å². The van der Waals surface area contributed by atoms with Gasteiger partial charge in [0.1, 0.15) is 11.6 Å². The van der Waals surface area contributed by atoms with Gasteiger partial charge in [0.15, 0.2) is 0 Å². The molecule has 0 saturated heterocycles. The van der Waals surface area contributed by atoms with E-state index in [1.54, 1.807) is 12.3 Å². The third-order valence-corrected chi connectivity index (χ3v) is 7.05. The molecule has 0 aliphatic rings. The van der Waals surface area contributed by atoms with E-state index >= 15 is 0 Å². The van der Waals surface area contributed by atoms with Crippen molar-refractivity contribution in [3.8, 4) is 56.3 Å². The van der Waals surface area contributed by atoms with E-state index < -0.39 is 0 Å². The third-order valence-electron chi connectivity index (χ3n) is 7.05. The number of fused-ring (bicyclic) bond motifs is 1. The summed E-state index contributed by atoms with van der Waals surface area (Å²) in [6, 6.07) is 41.0. The first-order valence-electron chi connectivity index (χ1n) is 13.1. The Balaban J connectivity index is 1.52. The SMILES string of the molecule is Oc1cnccc1-c1nc2c(-c3cc(-c4ccccc4)cc(-c4ccccn4)c3)cccc2n1-c1ccccc1. The fourth-order valence-corrected chi connectivity index (χ4v) is 5.19. The van der Waals surface area contributed by atoms with E-state index in [1.807, 2.05) is 60.8 Å². The maximum absolute atomic E-state index is 10.7. The molecule has 5 nitrogen and oxygen atoms in total. The number of imidazole rings is 1. The summed E-state index contributed by atoms with van der Waals surface area (Å²) in [6.45, 7) is 0. The fraction of sp³-hybridized carbons (Fsp3) is 0. The molecule has 0 bridgehead atoms. The van der Waals surface area contributed by atoms with Gasteiger partial charge in [-0.3, -0.25) is 14.5 Å². The van der Waals surface area contributed by atoms with Crippen LogP contribution in [-0.4, -0.2) is 24.6 Å². The number of aromatic hydroxyl groups is 1. The molecule has 0 unspecified atom stereocenters. The highest BCUT2D eigenvalue weighted by molar-refractivity contribution is 5.97. The van der Waals surface area contributed by atoms with Crippen molar-refractivity contribution in [1.29, 1.82) is 0 Å². The summed E-state index contributed by atoms with van der Waals surface area (Å²) in [5.41, 5.74) is 9.57. The van der Waals surface area contributed by atoms with Crippen LogP contribution in [0.1, 0.15) is 0 Å². The Morgan fingerprint density at radius 2 is 1.32 bits per heavy atom. The number of hydrogen-bond donors (Lipinski definition) is 1. The monoisotopic (exact) mass is 516 g/mol. The smallest absolute Gasteiger partial charge is 0.149 e. The van der Waals surface area contributed by atoms with Crippen LogP contribution in [0, 0.1) is 0 Å². The first-order valence-corrected chi connectivity index (χ1v) is 13.1. The lowest BCUT2D eigenvalue weighted by Crippen LogP contribution is -1.97. The molecule has 0 radical (unpaired) electrons. The highest BCUT2D eigenvalue weighted by atomic mass is 16.3. The van der Waals surface area contributed by atoms with E-state index in [0.717, 1.165) is 50.2 Å². The Hall–Kier alpha value is -5.55. The molecule has 4 aromatic carbocycles. The molecule has 0 aliphatic carbocycles. The van der Waals surface area contributed by atoms with Gasteiger partial charge in [-0.1, -0.05) is 66.7 Å². The maximum atomic E-state index is 10.7. The lowest BCUT2D eigenvalue weighted by molar-refractivity contribution is 0.474. The molecule has 190 valence electrons. The zero-order valence-electron chi connectivity index (χ0n) is 21.5. The second-order valence-electron chi connectivity index (χ2n) is 9.55. The Kier molecular flexibility index (Phi) is 5.87. The van der Waals surface area contributed by atoms with E-state index in [-0.39, 0.29) is 5.75 Å². The molecule has 0 amide bonds. The summed E-state index contributed by atoms with van der Waals surface area (Å²) in [5.74, 6) is 0.734. The normalized spacial score (nSPS) is 11.1. The topological polar surface area (TPSA) is 63.8 Å². The van der Waals surface area contributed by atoms with Gasteiger partial charge in [0.25, 0.3) is 0 Å². The molecule has 1 N–H and O–H groups in total. The van der Waals surface area contributed by atoms with Crippen LogP contribution in [0.25, 0.3) is 61.6 Å². The number of hydrogen-bond acceptors (Lipinski definition) is 4. The van der Waals surface area contributed by atoms with Crippen molar-refractivity contribution in [3.05, 3.63) is 140 Å². The lowest BCUT2D eigenvalue weighted by Gasteiger charge is -2.12. The molecular formula is C35H24N4O. The Morgan fingerprint density at radius 3 is 2.10 bits per heavy atom. The molecule has 3 heterocycles. The Morgan fingerprint density at radius 1 is 0.575 bits per heavy atom. The van der Waals surface area contributed by atoms with Crippen LogP contribution in [0.5, 0.6) is 5.75 Å². The van der Waals surface area contributed by atoms with Gasteiger partial charge in [0, 0.05) is 29.2 Å². The van der Waals surface area contributed by atoms with Gasteiger partial charge >= 0.3 is 0 Å². The summed E-state index contributed by atoms with van der Waals surface area (Å²) >= 11 is 0. The van der Waals surface area contributed by atoms with Gasteiger partial charge in [-0.2, -0.15) is 0 Å². The number of pyridine rings is 2. The van der Waals surface area contributed by atoms with Crippen LogP contribution in [0.3, 0.4) is 0 Å².